The van der Waals surface area contributed by atoms with Crippen LogP contribution in [0.25, 0.3) is 0 Å². The number of carbonyl (C=O) groups is 6. The monoisotopic (exact) mass is 610 g/mol. The van der Waals surface area contributed by atoms with E-state index in [-0.39, 0.29) is 63.9 Å². The molecule has 0 bridgehead atoms. The van der Waals surface area contributed by atoms with E-state index in [4.69, 9.17) is 20.5 Å². The molecule has 0 aromatic heterocycles. The van der Waals surface area contributed by atoms with Crippen LogP contribution in [-0.4, -0.2) is 86.7 Å². The quantitative estimate of drug-likeness (QED) is 0.0543. The van der Waals surface area contributed by atoms with E-state index in [1.165, 1.54) is 0 Å². The Labute approximate surface area is 238 Å². The number of nitrogens with two attached hydrogens (primary N) is 1. The van der Waals surface area contributed by atoms with Crippen LogP contribution in [0.15, 0.2) is 0 Å². The lowest BCUT2D eigenvalue weighted by atomic mass is 9.95. The molecule has 0 saturated carbocycles. The summed E-state index contributed by atoms with van der Waals surface area (Å²) in [6, 6.07) is 0. The Morgan fingerprint density at radius 3 is 1.88 bits per heavy atom. The van der Waals surface area contributed by atoms with E-state index in [2.05, 4.69) is 5.32 Å². The summed E-state index contributed by atoms with van der Waals surface area (Å²) in [5, 5.41) is 39.1. The van der Waals surface area contributed by atoms with E-state index < -0.39 is 74.1 Å². The van der Waals surface area contributed by atoms with Crippen molar-refractivity contribution in [2.24, 2.45) is 23.5 Å². The zero-order valence-electron chi connectivity index (χ0n) is 23.1. The first kappa shape index (κ1) is 38.1. The molecule has 0 aliphatic carbocycles. The van der Waals surface area contributed by atoms with Crippen molar-refractivity contribution in [3.63, 3.8) is 0 Å². The Morgan fingerprint density at radius 1 is 0.732 bits per heavy atom. The van der Waals surface area contributed by atoms with Gasteiger partial charge in [-0.15, -0.1) is 0 Å². The summed E-state index contributed by atoms with van der Waals surface area (Å²) >= 11 is 0. The van der Waals surface area contributed by atoms with Crippen LogP contribution in [0.1, 0.15) is 77.0 Å². The van der Waals surface area contributed by atoms with Gasteiger partial charge in [-0.05, 0) is 51.5 Å². The minimum Gasteiger partial charge on any atom is -0.481 e. The van der Waals surface area contributed by atoms with Gasteiger partial charge in [0, 0.05) is 32.2 Å². The largest absolute Gasteiger partial charge is 0.481 e. The predicted octanol–water partition coefficient (Wildman–Crippen LogP) is 1.70. The van der Waals surface area contributed by atoms with E-state index in [1.807, 2.05) is 0 Å². The maximum atomic E-state index is 12.2. The fraction of sp³-hybridized carbons (Fsp3) is 0.760. The molecule has 1 amide bonds. The number of unbranched alkanes of at least 4 members (excludes halogenated alkanes) is 2. The van der Waals surface area contributed by atoms with Crippen molar-refractivity contribution < 1.29 is 63.2 Å². The lowest BCUT2D eigenvalue weighted by Crippen LogP contribution is -2.30. The average Bonchev–Trinajstić information content (AvgIpc) is 2.87. The molecule has 2 unspecified atom stereocenters. The summed E-state index contributed by atoms with van der Waals surface area (Å²) in [6.45, 7) is 0.233. The smallest absolute Gasteiger partial charge is 0.328 e. The van der Waals surface area contributed by atoms with Crippen LogP contribution in [0, 0.1) is 17.8 Å². The van der Waals surface area contributed by atoms with Gasteiger partial charge in [-0.2, -0.15) is 0 Å². The summed E-state index contributed by atoms with van der Waals surface area (Å²) < 4.78 is 17.0. The van der Waals surface area contributed by atoms with Crippen molar-refractivity contribution in [3.8, 4) is 0 Å². The minimum absolute atomic E-state index is 0.0256. The molecule has 0 rings (SSSR count). The average molecular weight is 611 g/mol. The maximum absolute atomic E-state index is 12.2. The molecular weight excluding hydrogens is 567 g/mol. The zero-order valence-corrected chi connectivity index (χ0v) is 24.0. The molecule has 0 aromatic carbocycles. The van der Waals surface area contributed by atoms with Gasteiger partial charge in [-0.1, -0.05) is 6.42 Å². The highest BCUT2D eigenvalue weighted by molar-refractivity contribution is 7.52. The van der Waals surface area contributed by atoms with Crippen LogP contribution in [-0.2, 0) is 37.9 Å². The SMILES string of the molecule is NCCCCCC(=O)C[C@@H](CCCNC(=O)C[C@@H](CCCOP(=O)(O)CC(CCC(=O)O)C(=O)O)C(=O)O)C(=O)O. The fourth-order valence-corrected chi connectivity index (χ4v) is 5.39. The normalized spacial score (nSPS) is 14.8. The summed E-state index contributed by atoms with van der Waals surface area (Å²) in [5.74, 6) is -9.24. The van der Waals surface area contributed by atoms with Crippen molar-refractivity contribution in [1.29, 1.82) is 0 Å². The van der Waals surface area contributed by atoms with Gasteiger partial charge in [0.1, 0.15) is 5.78 Å². The third kappa shape index (κ3) is 19.8. The number of Topliss-reactive ketones (excluding diaryl/α,β-unsaturated/α-hetero) is 1. The second-order valence-electron chi connectivity index (χ2n) is 9.87. The Kier molecular flexibility index (Phi) is 19.5. The molecule has 0 aromatic rings. The van der Waals surface area contributed by atoms with Crippen LogP contribution in [0.5, 0.6) is 0 Å². The molecule has 41 heavy (non-hydrogen) atoms. The molecule has 8 N–H and O–H groups in total. The van der Waals surface area contributed by atoms with Gasteiger partial charge in [-0.3, -0.25) is 33.3 Å². The van der Waals surface area contributed by atoms with E-state index in [9.17, 15) is 48.4 Å². The molecule has 15 nitrogen and oxygen atoms in total. The van der Waals surface area contributed by atoms with Gasteiger partial charge in [0.15, 0.2) is 0 Å². The summed E-state index contributed by atoms with van der Waals surface area (Å²) in [7, 11) is -4.39. The second kappa shape index (κ2) is 20.9. The number of aliphatic carboxylic acids is 4. The van der Waals surface area contributed by atoms with E-state index >= 15 is 0 Å². The summed E-state index contributed by atoms with van der Waals surface area (Å²) in [6.07, 6.45) is 0.671. The molecule has 16 heteroatoms. The molecule has 0 heterocycles. The van der Waals surface area contributed by atoms with Crippen LogP contribution in [0.3, 0.4) is 0 Å². The Bertz CT molecular complexity index is 927. The van der Waals surface area contributed by atoms with Crippen molar-refractivity contribution in [1.82, 2.24) is 5.32 Å². The standard InChI is InChI=1S/C25H43N2O13P/c26-11-3-1-2-8-20(28)14-17(23(32)33)6-4-12-27-21(29)15-18(24(34)35)7-5-13-40-41(38,39)16-19(25(36)37)9-10-22(30)31/h17-19H,1-16,26H2,(H,27,29)(H,30,31)(H,32,33)(H,34,35)(H,36,37)(H,38,39)/t17-,18-,19?/m1/s1. The number of ketones is 1. The van der Waals surface area contributed by atoms with Crippen LogP contribution in [0.2, 0.25) is 0 Å². The molecule has 0 saturated heterocycles. The van der Waals surface area contributed by atoms with Crippen molar-refractivity contribution in [2.75, 3.05) is 25.9 Å². The van der Waals surface area contributed by atoms with Gasteiger partial charge in [0.05, 0.1) is 30.5 Å². The molecule has 0 fully saturated rings. The molecule has 0 radical (unpaired) electrons. The highest BCUT2D eigenvalue weighted by Crippen LogP contribution is 2.44. The van der Waals surface area contributed by atoms with E-state index in [0.29, 0.717) is 13.0 Å². The first-order valence-electron chi connectivity index (χ1n) is 13.5. The number of nitrogens with one attached hydrogen (secondary N) is 1. The van der Waals surface area contributed by atoms with Gasteiger partial charge >= 0.3 is 31.5 Å². The van der Waals surface area contributed by atoms with Crippen molar-refractivity contribution in [3.05, 3.63) is 0 Å². The summed E-state index contributed by atoms with van der Waals surface area (Å²) in [5.41, 5.74) is 5.40. The Morgan fingerprint density at radius 2 is 1.32 bits per heavy atom. The first-order chi connectivity index (χ1) is 19.2. The first-order valence-corrected chi connectivity index (χ1v) is 15.3. The Balaban J connectivity index is 4.50. The number of hydrogen-bond acceptors (Lipinski definition) is 9. The third-order valence-electron chi connectivity index (χ3n) is 6.31. The van der Waals surface area contributed by atoms with Crippen molar-refractivity contribution >= 4 is 43.2 Å². The van der Waals surface area contributed by atoms with Gasteiger partial charge in [0.25, 0.3) is 0 Å². The second-order valence-corrected chi connectivity index (χ2v) is 11.8. The molecule has 0 aliphatic rings. The molecule has 0 spiro atoms. The lowest BCUT2D eigenvalue weighted by Gasteiger charge is -2.17. The minimum atomic E-state index is -4.39. The molecule has 236 valence electrons. The molecular formula is C25H43N2O13P. The third-order valence-corrected chi connectivity index (χ3v) is 7.80. The van der Waals surface area contributed by atoms with Gasteiger partial charge < -0.3 is 40.9 Å². The van der Waals surface area contributed by atoms with Crippen LogP contribution < -0.4 is 11.1 Å². The van der Waals surface area contributed by atoms with Gasteiger partial charge in [-0.25, -0.2) is 0 Å². The topological polar surface area (TPSA) is 268 Å². The lowest BCUT2D eigenvalue weighted by molar-refractivity contribution is -0.145. The predicted molar refractivity (Wildman–Crippen MR) is 144 cm³/mol. The number of carboxylic acids is 4. The number of amides is 1. The zero-order chi connectivity index (χ0) is 31.4. The highest BCUT2D eigenvalue weighted by atomic mass is 31.2. The number of carbonyl (C=O) groups excluding carboxylic acids is 2. The highest BCUT2D eigenvalue weighted by Gasteiger charge is 2.30. The van der Waals surface area contributed by atoms with Crippen LogP contribution in [0.4, 0.5) is 0 Å². The Hall–Kier alpha value is -2.87. The van der Waals surface area contributed by atoms with Gasteiger partial charge in [0.2, 0.25) is 5.91 Å². The van der Waals surface area contributed by atoms with Crippen LogP contribution >= 0.6 is 7.60 Å². The maximum Gasteiger partial charge on any atom is 0.328 e. The van der Waals surface area contributed by atoms with E-state index in [1.54, 1.807) is 0 Å². The molecule has 0 aliphatic heterocycles. The number of rotatable bonds is 26. The number of hydrogen-bond donors (Lipinski definition) is 7. The molecule has 4 atom stereocenters. The fourth-order valence-electron chi connectivity index (χ4n) is 3.98. The summed E-state index contributed by atoms with van der Waals surface area (Å²) in [4.78, 5) is 79.0. The van der Waals surface area contributed by atoms with E-state index in [0.717, 1.165) is 12.8 Å². The number of carboxylic acid groups (broad SMARTS) is 4. The van der Waals surface area contributed by atoms with Crippen molar-refractivity contribution in [2.45, 2.75) is 77.0 Å².